The molecule has 0 fully saturated rings. The second-order valence-electron chi connectivity index (χ2n) is 8.31. The van der Waals surface area contributed by atoms with E-state index in [-0.39, 0.29) is 6.09 Å². The molecule has 1 aliphatic rings. The van der Waals surface area contributed by atoms with Crippen LogP contribution in [0.5, 0.6) is 5.75 Å². The number of carbonyl (C=O) groups excluding carboxylic acids is 2. The molecule has 1 aliphatic heterocycles. The van der Waals surface area contributed by atoms with Crippen LogP contribution in [-0.4, -0.2) is 54.2 Å². The van der Waals surface area contributed by atoms with Crippen LogP contribution in [0.1, 0.15) is 60.7 Å². The predicted molar refractivity (Wildman–Crippen MR) is 153 cm³/mol. The van der Waals surface area contributed by atoms with Gasteiger partial charge in [0.1, 0.15) is 17.8 Å². The Morgan fingerprint density at radius 3 is 2.58 bits per heavy atom. The Labute approximate surface area is 232 Å². The summed E-state index contributed by atoms with van der Waals surface area (Å²) in [5.74, 6) is 2.43. The van der Waals surface area contributed by atoms with Crippen LogP contribution in [0.3, 0.4) is 0 Å². The van der Waals surface area contributed by atoms with Gasteiger partial charge in [0, 0.05) is 45.0 Å². The molecule has 1 aromatic carbocycles. The molecule has 3 rings (SSSR count). The van der Waals surface area contributed by atoms with E-state index < -0.39 is 0 Å². The van der Waals surface area contributed by atoms with Gasteiger partial charge in [-0.1, -0.05) is 38.6 Å². The molecule has 1 amide bonds. The van der Waals surface area contributed by atoms with Crippen molar-refractivity contribution in [3.05, 3.63) is 70.3 Å². The summed E-state index contributed by atoms with van der Waals surface area (Å²) in [5.41, 5.74) is 4.21. The topological polar surface area (TPSA) is 102 Å². The van der Waals surface area contributed by atoms with Crippen molar-refractivity contribution in [2.45, 2.75) is 65.8 Å². The standard InChI is InChI=1S/C24H32N2O5.C4H6S.CH4O/c1-4-14-30-24(28)26-12-10-19-20(16-26)18(7-6-13-27)8-9-22(19)29-15-11-21-17(3)31-23(5-2)25-21;1-2-3-4-5;1-2/h8-9,13H,4-7,10-12,14-16H2,1-3H3;2-5H,1H2;2H,1H3/b;4-3-;. The first-order valence-corrected chi connectivity index (χ1v) is 13.4. The number of hydrogen-bond acceptors (Lipinski definition) is 8. The van der Waals surface area contributed by atoms with Crippen molar-refractivity contribution in [3.63, 3.8) is 0 Å². The third-order valence-corrected chi connectivity index (χ3v) is 5.92. The van der Waals surface area contributed by atoms with Crippen LogP contribution < -0.4 is 4.74 Å². The summed E-state index contributed by atoms with van der Waals surface area (Å²) in [7, 11) is 1.00. The Hall–Kier alpha value is -3.04. The number of benzene rings is 1. The number of fused-ring (bicyclic) bond motifs is 1. The third-order valence-electron chi connectivity index (χ3n) is 5.74. The zero-order valence-corrected chi connectivity index (χ0v) is 24.0. The fourth-order valence-corrected chi connectivity index (χ4v) is 4.04. The fraction of sp³-hybridized carbons (Fsp3) is 0.483. The molecule has 0 unspecified atom stereocenters. The first-order chi connectivity index (χ1) is 18.5. The monoisotopic (exact) mass is 546 g/mol. The molecular formula is C29H42N2O6S. The van der Waals surface area contributed by atoms with Crippen LogP contribution in [0.15, 0.2) is 40.7 Å². The van der Waals surface area contributed by atoms with E-state index in [2.05, 4.69) is 24.2 Å². The number of hydrogen-bond donors (Lipinski definition) is 2. The van der Waals surface area contributed by atoms with Crippen LogP contribution in [-0.2, 0) is 41.8 Å². The maximum atomic E-state index is 12.4. The Bertz CT molecular complexity index is 1030. The number of rotatable bonds is 11. The SMILES string of the molecule is C=C/C=C\S.CCCOC(=O)N1CCc2c(OCCc3nc(CC)oc3C)ccc(CCC=O)c2C1.CO. The van der Waals surface area contributed by atoms with Crippen LogP contribution in [0.4, 0.5) is 4.79 Å². The van der Waals surface area contributed by atoms with E-state index in [1.54, 1.807) is 22.5 Å². The summed E-state index contributed by atoms with van der Waals surface area (Å²) >= 11 is 3.75. The van der Waals surface area contributed by atoms with Gasteiger partial charge in [-0.2, -0.15) is 12.6 Å². The summed E-state index contributed by atoms with van der Waals surface area (Å²) in [6, 6.07) is 3.99. The lowest BCUT2D eigenvalue weighted by atomic mass is 9.92. The number of carbonyl (C=O) groups is 2. The van der Waals surface area contributed by atoms with Gasteiger partial charge in [-0.15, -0.1) is 0 Å². The Morgan fingerprint density at radius 1 is 1.24 bits per heavy atom. The summed E-state index contributed by atoms with van der Waals surface area (Å²) in [6.07, 6.45) is 8.12. The first kappa shape index (κ1) is 33.0. The van der Waals surface area contributed by atoms with Crippen LogP contribution in [0.2, 0.25) is 0 Å². The van der Waals surface area contributed by atoms with Gasteiger partial charge in [0.05, 0.1) is 18.9 Å². The number of thiol groups is 1. The highest BCUT2D eigenvalue weighted by molar-refractivity contribution is 7.83. The summed E-state index contributed by atoms with van der Waals surface area (Å²) in [4.78, 5) is 29.5. The number of aromatic nitrogens is 1. The molecule has 9 heteroatoms. The Kier molecular flexibility index (Phi) is 16.6. The number of oxazole rings is 1. The number of amides is 1. The number of aldehydes is 1. The van der Waals surface area contributed by atoms with Crippen molar-refractivity contribution < 1.29 is 28.6 Å². The second kappa shape index (κ2) is 19.1. The highest BCUT2D eigenvalue weighted by Gasteiger charge is 2.26. The minimum atomic E-state index is -0.284. The number of aliphatic hydroxyl groups is 1. The van der Waals surface area contributed by atoms with Crippen molar-refractivity contribution >= 4 is 25.0 Å². The van der Waals surface area contributed by atoms with Gasteiger partial charge in [-0.25, -0.2) is 9.78 Å². The van der Waals surface area contributed by atoms with Gasteiger partial charge in [-0.3, -0.25) is 0 Å². The minimum Gasteiger partial charge on any atom is -0.493 e. The summed E-state index contributed by atoms with van der Waals surface area (Å²) in [6.45, 7) is 11.3. The maximum Gasteiger partial charge on any atom is 0.410 e. The highest BCUT2D eigenvalue weighted by atomic mass is 32.1. The molecule has 0 bridgehead atoms. The maximum absolute atomic E-state index is 12.4. The number of aliphatic hydroxyl groups excluding tert-OH is 1. The van der Waals surface area contributed by atoms with Gasteiger partial charge >= 0.3 is 6.09 Å². The molecule has 0 saturated heterocycles. The van der Waals surface area contributed by atoms with Crippen molar-refractivity contribution in [1.29, 1.82) is 0 Å². The van der Waals surface area contributed by atoms with E-state index in [9.17, 15) is 9.59 Å². The van der Waals surface area contributed by atoms with E-state index in [0.29, 0.717) is 52.0 Å². The molecule has 0 spiro atoms. The summed E-state index contributed by atoms with van der Waals surface area (Å²) < 4.78 is 17.1. The average molecular weight is 547 g/mol. The molecule has 1 N–H and O–H groups in total. The second-order valence-corrected chi connectivity index (χ2v) is 8.61. The Balaban J connectivity index is 0.000000924. The third kappa shape index (κ3) is 10.4. The van der Waals surface area contributed by atoms with E-state index in [1.807, 2.05) is 32.9 Å². The van der Waals surface area contributed by atoms with E-state index in [1.165, 1.54) is 0 Å². The predicted octanol–water partition coefficient (Wildman–Crippen LogP) is 5.43. The fourth-order valence-electron chi connectivity index (χ4n) is 3.92. The van der Waals surface area contributed by atoms with Crippen molar-refractivity contribution in [2.75, 3.05) is 26.9 Å². The molecule has 38 heavy (non-hydrogen) atoms. The van der Waals surface area contributed by atoms with Gasteiger partial charge in [0.15, 0.2) is 5.89 Å². The normalized spacial score (nSPS) is 12.0. The molecule has 0 saturated carbocycles. The van der Waals surface area contributed by atoms with E-state index in [4.69, 9.17) is 19.0 Å². The van der Waals surface area contributed by atoms with Crippen LogP contribution in [0.25, 0.3) is 0 Å². The van der Waals surface area contributed by atoms with Crippen LogP contribution in [0, 0.1) is 6.92 Å². The largest absolute Gasteiger partial charge is 0.493 e. The lowest BCUT2D eigenvalue weighted by Crippen LogP contribution is -2.37. The molecule has 0 aliphatic carbocycles. The number of nitrogens with zero attached hydrogens (tertiary/aromatic N) is 2. The molecule has 2 heterocycles. The van der Waals surface area contributed by atoms with Gasteiger partial charge in [0.2, 0.25) is 0 Å². The summed E-state index contributed by atoms with van der Waals surface area (Å²) in [5, 5.41) is 8.63. The molecule has 2 aromatic rings. The van der Waals surface area contributed by atoms with Crippen molar-refractivity contribution in [3.8, 4) is 5.75 Å². The van der Waals surface area contributed by atoms with Gasteiger partial charge in [-0.05, 0) is 48.8 Å². The lowest BCUT2D eigenvalue weighted by Gasteiger charge is -2.31. The minimum absolute atomic E-state index is 0.284. The highest BCUT2D eigenvalue weighted by Crippen LogP contribution is 2.32. The number of allylic oxidation sites excluding steroid dienone is 2. The molecule has 0 atom stereocenters. The number of aryl methyl sites for hydroxylation is 3. The Morgan fingerprint density at radius 2 is 2.00 bits per heavy atom. The average Bonchev–Trinajstić information content (AvgIpc) is 3.32. The molecular weight excluding hydrogens is 504 g/mol. The lowest BCUT2D eigenvalue weighted by molar-refractivity contribution is -0.107. The molecule has 210 valence electrons. The zero-order valence-electron chi connectivity index (χ0n) is 23.1. The van der Waals surface area contributed by atoms with Crippen molar-refractivity contribution in [2.24, 2.45) is 0 Å². The molecule has 0 radical (unpaired) electrons. The smallest absolute Gasteiger partial charge is 0.410 e. The quantitative estimate of drug-likeness (QED) is 0.220. The van der Waals surface area contributed by atoms with Crippen LogP contribution >= 0.6 is 12.6 Å². The first-order valence-electron chi connectivity index (χ1n) is 12.9. The number of ether oxygens (including phenoxy) is 2. The molecule has 8 nitrogen and oxygen atoms in total. The van der Waals surface area contributed by atoms with Gasteiger partial charge in [0.25, 0.3) is 0 Å². The van der Waals surface area contributed by atoms with E-state index >= 15 is 0 Å². The zero-order chi connectivity index (χ0) is 28.3. The van der Waals surface area contributed by atoms with E-state index in [0.717, 1.165) is 66.0 Å². The van der Waals surface area contributed by atoms with Crippen molar-refractivity contribution in [1.82, 2.24) is 9.88 Å². The molecule has 1 aromatic heterocycles. The van der Waals surface area contributed by atoms with Gasteiger partial charge < -0.3 is 28.7 Å².